The van der Waals surface area contributed by atoms with Crippen LogP contribution in [-0.2, 0) is 16.0 Å². The highest BCUT2D eigenvalue weighted by molar-refractivity contribution is 9.10. The van der Waals surface area contributed by atoms with Gasteiger partial charge in [0.15, 0.2) is 6.29 Å². The Kier molecular flexibility index (Phi) is 6.60. The van der Waals surface area contributed by atoms with Gasteiger partial charge in [-0.15, -0.1) is 0 Å². The quantitative estimate of drug-likeness (QED) is 0.726. The van der Waals surface area contributed by atoms with E-state index in [4.69, 9.17) is 9.47 Å². The first-order valence-corrected chi connectivity index (χ1v) is 6.97. The second kappa shape index (κ2) is 7.71. The normalized spacial score (nSPS) is 11.2. The summed E-state index contributed by atoms with van der Waals surface area (Å²) in [6.07, 6.45) is 2.22. The summed E-state index contributed by atoms with van der Waals surface area (Å²) in [6.45, 7) is 7.48. The summed E-state index contributed by atoms with van der Waals surface area (Å²) in [5, 5.41) is 0. The number of nitrogens with zero attached hydrogens (tertiary/aromatic N) is 1. The summed E-state index contributed by atoms with van der Waals surface area (Å²) in [5.74, 6) is 0. The van der Waals surface area contributed by atoms with Gasteiger partial charge in [0.2, 0.25) is 0 Å². The van der Waals surface area contributed by atoms with Gasteiger partial charge in [-0.25, -0.2) is 0 Å². The molecule has 0 radical (unpaired) electrons. The zero-order valence-electron chi connectivity index (χ0n) is 11.1. The maximum atomic E-state index is 11.9. The molecule has 0 amide bonds. The van der Waals surface area contributed by atoms with Crippen LogP contribution in [0.5, 0.6) is 0 Å². The lowest BCUT2D eigenvalue weighted by Gasteiger charge is -2.17. The van der Waals surface area contributed by atoms with Crippen molar-refractivity contribution in [1.82, 2.24) is 4.57 Å². The lowest BCUT2D eigenvalue weighted by atomic mass is 10.3. The molecule has 0 aliphatic rings. The molecule has 0 aliphatic carbocycles. The zero-order chi connectivity index (χ0) is 13.5. The first kappa shape index (κ1) is 15.4. The summed E-state index contributed by atoms with van der Waals surface area (Å²) in [6, 6.07) is 1.82. The van der Waals surface area contributed by atoms with Crippen LogP contribution >= 0.6 is 15.9 Å². The van der Waals surface area contributed by atoms with E-state index in [9.17, 15) is 4.79 Å². The van der Waals surface area contributed by atoms with E-state index >= 15 is 0 Å². The van der Waals surface area contributed by atoms with Gasteiger partial charge in [-0.2, -0.15) is 0 Å². The zero-order valence-corrected chi connectivity index (χ0v) is 12.7. The monoisotopic (exact) mass is 317 g/mol. The average Bonchev–Trinajstić information content (AvgIpc) is 2.32. The molecule has 0 fully saturated rings. The summed E-state index contributed by atoms with van der Waals surface area (Å²) >= 11 is 3.39. The minimum atomic E-state index is -0.244. The van der Waals surface area contributed by atoms with E-state index < -0.39 is 0 Å². The van der Waals surface area contributed by atoms with Crippen molar-refractivity contribution in [2.24, 2.45) is 0 Å². The third-order valence-corrected chi connectivity index (χ3v) is 2.98. The number of aromatic nitrogens is 1. The van der Waals surface area contributed by atoms with Crippen LogP contribution < -0.4 is 5.56 Å². The van der Waals surface area contributed by atoms with Gasteiger partial charge in [-0.3, -0.25) is 4.79 Å². The number of ether oxygens (including phenoxy) is 2. The Morgan fingerprint density at radius 2 is 1.94 bits per heavy atom. The van der Waals surface area contributed by atoms with Gasteiger partial charge < -0.3 is 14.0 Å². The highest BCUT2D eigenvalue weighted by Crippen LogP contribution is 2.09. The standard InChI is InChI=1S/C13H20BrNO3/c1-4-17-12(18-5-2)6-7-15-9-11(14)8-10(3)13(15)16/h8-9,12H,4-7H2,1-3H3. The lowest BCUT2D eigenvalue weighted by molar-refractivity contribution is -0.141. The molecule has 0 saturated heterocycles. The fourth-order valence-electron chi connectivity index (χ4n) is 1.74. The number of hydrogen-bond donors (Lipinski definition) is 0. The van der Waals surface area contributed by atoms with E-state index in [2.05, 4.69) is 15.9 Å². The van der Waals surface area contributed by atoms with Crippen molar-refractivity contribution in [2.45, 2.75) is 40.0 Å². The summed E-state index contributed by atoms with van der Waals surface area (Å²) in [7, 11) is 0. The highest BCUT2D eigenvalue weighted by atomic mass is 79.9. The SMILES string of the molecule is CCOC(CCn1cc(Br)cc(C)c1=O)OCC. The molecular weight excluding hydrogens is 298 g/mol. The Labute approximate surface area is 116 Å². The molecule has 1 rings (SSSR count). The predicted molar refractivity (Wildman–Crippen MR) is 74.8 cm³/mol. The van der Waals surface area contributed by atoms with Crippen LogP contribution in [0.3, 0.4) is 0 Å². The molecule has 18 heavy (non-hydrogen) atoms. The van der Waals surface area contributed by atoms with Crippen molar-refractivity contribution in [3.63, 3.8) is 0 Å². The molecule has 0 aliphatic heterocycles. The van der Waals surface area contributed by atoms with E-state index in [1.807, 2.05) is 26.8 Å². The Bertz CT molecular complexity index is 425. The molecule has 4 nitrogen and oxygen atoms in total. The molecule has 0 aromatic carbocycles. The van der Waals surface area contributed by atoms with Crippen LogP contribution in [-0.4, -0.2) is 24.1 Å². The molecular formula is C13H20BrNO3. The van der Waals surface area contributed by atoms with Crippen LogP contribution in [0.15, 0.2) is 21.5 Å². The van der Waals surface area contributed by atoms with E-state index in [1.54, 1.807) is 10.8 Å². The maximum Gasteiger partial charge on any atom is 0.253 e. The molecule has 1 aromatic rings. The van der Waals surface area contributed by atoms with Crippen molar-refractivity contribution in [3.05, 3.63) is 32.7 Å². The van der Waals surface area contributed by atoms with Gasteiger partial charge >= 0.3 is 0 Å². The summed E-state index contributed by atoms with van der Waals surface area (Å²) in [5.41, 5.74) is 0.763. The van der Waals surface area contributed by atoms with Crippen LogP contribution in [0.4, 0.5) is 0 Å². The molecule has 102 valence electrons. The number of rotatable bonds is 7. The Morgan fingerprint density at radius 3 is 2.50 bits per heavy atom. The Hall–Kier alpha value is -0.650. The van der Waals surface area contributed by atoms with Gasteiger partial charge in [0.05, 0.1) is 0 Å². The fourth-order valence-corrected chi connectivity index (χ4v) is 2.33. The van der Waals surface area contributed by atoms with Crippen LogP contribution in [0, 0.1) is 6.92 Å². The van der Waals surface area contributed by atoms with Crippen molar-refractivity contribution in [2.75, 3.05) is 13.2 Å². The fraction of sp³-hybridized carbons (Fsp3) is 0.615. The lowest BCUT2D eigenvalue weighted by Crippen LogP contribution is -2.26. The van der Waals surface area contributed by atoms with Gasteiger partial charge in [0.1, 0.15) is 0 Å². The Morgan fingerprint density at radius 1 is 1.33 bits per heavy atom. The third kappa shape index (κ3) is 4.55. The van der Waals surface area contributed by atoms with Crippen molar-refractivity contribution >= 4 is 15.9 Å². The average molecular weight is 318 g/mol. The minimum absolute atomic E-state index is 0.0324. The van der Waals surface area contributed by atoms with E-state index in [-0.39, 0.29) is 11.8 Å². The molecule has 0 spiro atoms. The van der Waals surface area contributed by atoms with E-state index in [0.717, 1.165) is 10.0 Å². The second-order valence-corrected chi connectivity index (χ2v) is 4.88. The van der Waals surface area contributed by atoms with Gasteiger partial charge in [-0.1, -0.05) is 0 Å². The van der Waals surface area contributed by atoms with Crippen molar-refractivity contribution < 1.29 is 9.47 Å². The summed E-state index contributed by atoms with van der Waals surface area (Å²) in [4.78, 5) is 11.9. The third-order valence-electron chi connectivity index (χ3n) is 2.54. The topological polar surface area (TPSA) is 40.5 Å². The number of pyridine rings is 1. The maximum absolute atomic E-state index is 11.9. The molecule has 1 aromatic heterocycles. The molecule has 5 heteroatoms. The molecule has 0 bridgehead atoms. The minimum Gasteiger partial charge on any atom is -0.353 e. The smallest absolute Gasteiger partial charge is 0.253 e. The number of halogens is 1. The number of aryl methyl sites for hydroxylation is 2. The van der Waals surface area contributed by atoms with E-state index in [0.29, 0.717) is 26.2 Å². The van der Waals surface area contributed by atoms with Gasteiger partial charge in [-0.05, 0) is 42.8 Å². The first-order valence-electron chi connectivity index (χ1n) is 6.18. The van der Waals surface area contributed by atoms with E-state index in [1.165, 1.54) is 0 Å². The van der Waals surface area contributed by atoms with Crippen molar-refractivity contribution in [1.29, 1.82) is 0 Å². The number of hydrogen-bond acceptors (Lipinski definition) is 3. The van der Waals surface area contributed by atoms with Crippen LogP contribution in [0.25, 0.3) is 0 Å². The molecule has 0 unspecified atom stereocenters. The Balaban J connectivity index is 2.69. The first-order chi connectivity index (χ1) is 8.58. The highest BCUT2D eigenvalue weighted by Gasteiger charge is 2.09. The predicted octanol–water partition coefficient (Wildman–Crippen LogP) is 2.71. The van der Waals surface area contributed by atoms with Gasteiger partial charge in [0, 0.05) is 42.4 Å². The molecule has 0 N–H and O–H groups in total. The molecule has 0 atom stereocenters. The van der Waals surface area contributed by atoms with Crippen molar-refractivity contribution in [3.8, 4) is 0 Å². The molecule has 1 heterocycles. The summed E-state index contributed by atoms with van der Waals surface area (Å²) < 4.78 is 13.5. The van der Waals surface area contributed by atoms with Crippen LogP contribution in [0.1, 0.15) is 25.8 Å². The van der Waals surface area contributed by atoms with Crippen LogP contribution in [0.2, 0.25) is 0 Å². The van der Waals surface area contributed by atoms with Gasteiger partial charge in [0.25, 0.3) is 5.56 Å². The largest absolute Gasteiger partial charge is 0.353 e. The molecule has 0 saturated carbocycles. The second-order valence-electron chi connectivity index (χ2n) is 3.97.